The number of benzene rings is 1. The number of hydrogen-bond acceptors (Lipinski definition) is 7. The van der Waals surface area contributed by atoms with E-state index in [2.05, 4.69) is 32.6 Å². The molecular formula is C40H54F3N5O2. The second-order valence-corrected chi connectivity index (χ2v) is 12.2. The SMILES string of the molecule is C#C/C(=C(/C)F)c1c(C)cccc1-c1ncc2c(N3CCOCC(C)C3)nc(OC[C@@]34CCCN3C/C(=C/F)C4)nc2c1F.CC.CC.CC. The third-order valence-corrected chi connectivity index (χ3v) is 8.97. The molecule has 2 aromatic heterocycles. The zero-order valence-electron chi connectivity index (χ0n) is 31.3. The Bertz CT molecular complexity index is 1700. The van der Waals surface area contributed by atoms with Crippen molar-refractivity contribution in [3.63, 3.8) is 0 Å². The Morgan fingerprint density at radius 1 is 1.16 bits per heavy atom. The predicted octanol–water partition coefficient (Wildman–Crippen LogP) is 9.49. The van der Waals surface area contributed by atoms with Gasteiger partial charge in [-0.3, -0.25) is 9.88 Å². The van der Waals surface area contributed by atoms with Gasteiger partial charge in [0.1, 0.15) is 29.5 Å². The number of nitrogens with zero attached hydrogens (tertiary/aromatic N) is 5. The molecule has 3 aliphatic heterocycles. The number of aromatic nitrogens is 3. The van der Waals surface area contributed by atoms with E-state index in [9.17, 15) is 8.78 Å². The van der Waals surface area contributed by atoms with Gasteiger partial charge in [0.2, 0.25) is 0 Å². The van der Waals surface area contributed by atoms with Crippen molar-refractivity contribution in [2.75, 3.05) is 50.9 Å². The van der Waals surface area contributed by atoms with Crippen molar-refractivity contribution in [1.82, 2.24) is 19.9 Å². The molecule has 7 nitrogen and oxygen atoms in total. The van der Waals surface area contributed by atoms with E-state index < -0.39 is 11.6 Å². The van der Waals surface area contributed by atoms with Gasteiger partial charge in [0.25, 0.3) is 0 Å². The molecule has 3 fully saturated rings. The number of hydrogen-bond donors (Lipinski definition) is 0. The van der Waals surface area contributed by atoms with Crippen LogP contribution in [0, 0.1) is 31.0 Å². The number of pyridine rings is 1. The fraction of sp³-hybridized carbons (Fsp3) is 0.525. The first-order valence-electron chi connectivity index (χ1n) is 18.0. The predicted molar refractivity (Wildman–Crippen MR) is 199 cm³/mol. The summed E-state index contributed by atoms with van der Waals surface area (Å²) >= 11 is 0. The first-order valence-corrected chi connectivity index (χ1v) is 18.0. The van der Waals surface area contributed by atoms with Gasteiger partial charge in [0, 0.05) is 37.0 Å². The summed E-state index contributed by atoms with van der Waals surface area (Å²) in [6.45, 7) is 21.2. The van der Waals surface area contributed by atoms with E-state index in [1.807, 2.05) is 41.5 Å². The lowest BCUT2D eigenvalue weighted by atomic mass is 9.92. The molecule has 3 aromatic rings. The van der Waals surface area contributed by atoms with E-state index in [4.69, 9.17) is 20.9 Å². The Morgan fingerprint density at radius 3 is 2.58 bits per heavy atom. The average Bonchev–Trinajstić information content (AvgIpc) is 3.61. The van der Waals surface area contributed by atoms with Crippen LogP contribution >= 0.6 is 0 Å². The maximum absolute atomic E-state index is 16.7. The summed E-state index contributed by atoms with van der Waals surface area (Å²) in [6.07, 6.45) is 10.4. The van der Waals surface area contributed by atoms with E-state index in [1.54, 1.807) is 31.3 Å². The fourth-order valence-corrected chi connectivity index (χ4v) is 6.88. The summed E-state index contributed by atoms with van der Waals surface area (Å²) in [5.41, 5.74) is 1.95. The molecule has 0 radical (unpaired) electrons. The lowest BCUT2D eigenvalue weighted by molar-refractivity contribution is 0.108. The summed E-state index contributed by atoms with van der Waals surface area (Å²) < 4.78 is 56.8. The normalized spacial score (nSPS) is 21.4. The molecule has 0 aliphatic carbocycles. The second kappa shape index (κ2) is 18.9. The van der Waals surface area contributed by atoms with E-state index in [0.29, 0.717) is 73.5 Å². The van der Waals surface area contributed by atoms with Crippen LogP contribution in [-0.2, 0) is 4.74 Å². The Labute approximate surface area is 297 Å². The summed E-state index contributed by atoms with van der Waals surface area (Å²) in [7, 11) is 0. The molecule has 3 aliphatic rings. The molecular weight excluding hydrogens is 639 g/mol. The molecule has 272 valence electrons. The molecule has 0 amide bonds. The average molecular weight is 694 g/mol. The minimum absolute atomic E-state index is 0.00227. The van der Waals surface area contributed by atoms with Crippen molar-refractivity contribution in [1.29, 1.82) is 0 Å². The monoisotopic (exact) mass is 693 g/mol. The van der Waals surface area contributed by atoms with Crippen molar-refractivity contribution in [3.8, 4) is 29.6 Å². The minimum Gasteiger partial charge on any atom is -0.461 e. The standard InChI is InChI=1S/C34H36F3N5O2.3C2H6/c1-5-25(23(4)36)28-22(3)8-6-9-26(28)30-29(37)31-27(16-38-30)32(41-12-13-43-19-21(2)17-41)40-33(39-31)44-20-34-10-7-11-42(34)18-24(14-34)15-35;3*1-2/h1,6,8-9,15-16,21H,7,10-14,17-20H2,2-4H3;3*1-2H3/b24-15+,25-23+;;;/t21?,34-;;;/m0.../s1. The van der Waals surface area contributed by atoms with Crippen molar-refractivity contribution < 1.29 is 22.6 Å². The number of halogens is 3. The zero-order valence-corrected chi connectivity index (χ0v) is 31.3. The van der Waals surface area contributed by atoms with Crippen LogP contribution in [0.2, 0.25) is 0 Å². The second-order valence-electron chi connectivity index (χ2n) is 12.2. The van der Waals surface area contributed by atoms with Crippen LogP contribution in [0.4, 0.5) is 19.0 Å². The maximum Gasteiger partial charge on any atom is 0.319 e. The van der Waals surface area contributed by atoms with Crippen molar-refractivity contribution >= 4 is 22.3 Å². The van der Waals surface area contributed by atoms with Crippen LogP contribution in [-0.4, -0.2) is 71.4 Å². The molecule has 5 heterocycles. The van der Waals surface area contributed by atoms with Crippen LogP contribution in [0.15, 0.2) is 42.1 Å². The van der Waals surface area contributed by atoms with Crippen LogP contribution in [0.5, 0.6) is 6.01 Å². The number of terminal acetylenes is 1. The number of rotatable bonds is 6. The van der Waals surface area contributed by atoms with Gasteiger partial charge in [0.15, 0.2) is 5.82 Å². The highest BCUT2D eigenvalue weighted by Crippen LogP contribution is 2.42. The fourth-order valence-electron chi connectivity index (χ4n) is 6.88. The summed E-state index contributed by atoms with van der Waals surface area (Å²) in [5.74, 6) is 1.92. The Hall–Kier alpha value is -3.94. The molecule has 50 heavy (non-hydrogen) atoms. The molecule has 1 unspecified atom stereocenters. The van der Waals surface area contributed by atoms with E-state index in [1.165, 1.54) is 6.92 Å². The molecule has 10 heteroatoms. The maximum atomic E-state index is 16.7. The van der Waals surface area contributed by atoms with Crippen LogP contribution in [0.1, 0.15) is 85.8 Å². The Morgan fingerprint density at radius 2 is 1.90 bits per heavy atom. The lowest BCUT2D eigenvalue weighted by Gasteiger charge is -2.31. The topological polar surface area (TPSA) is 63.6 Å². The minimum atomic E-state index is -0.681. The molecule has 0 N–H and O–H groups in total. The van der Waals surface area contributed by atoms with Gasteiger partial charge in [-0.05, 0) is 56.7 Å². The molecule has 3 saturated heterocycles. The number of ether oxygens (including phenoxy) is 2. The summed E-state index contributed by atoms with van der Waals surface area (Å²) in [6, 6.07) is 5.27. The van der Waals surface area contributed by atoms with E-state index in [-0.39, 0.29) is 40.9 Å². The first kappa shape index (κ1) is 40.5. The van der Waals surface area contributed by atoms with Gasteiger partial charge in [-0.15, -0.1) is 6.42 Å². The third kappa shape index (κ3) is 8.50. The highest BCUT2D eigenvalue weighted by molar-refractivity contribution is 5.95. The number of allylic oxidation sites excluding steroid dienone is 2. The Balaban J connectivity index is 0.00000107. The van der Waals surface area contributed by atoms with Crippen molar-refractivity contribution in [3.05, 3.63) is 59.1 Å². The third-order valence-electron chi connectivity index (χ3n) is 8.97. The number of aryl methyl sites for hydroxylation is 1. The molecule has 6 rings (SSSR count). The van der Waals surface area contributed by atoms with E-state index >= 15 is 4.39 Å². The Kier molecular flexibility index (Phi) is 15.3. The first-order chi connectivity index (χ1) is 24.2. The van der Waals surface area contributed by atoms with Crippen molar-refractivity contribution in [2.24, 2.45) is 5.92 Å². The molecule has 0 bridgehead atoms. The largest absolute Gasteiger partial charge is 0.461 e. The van der Waals surface area contributed by atoms with Crippen LogP contribution in [0.25, 0.3) is 27.7 Å². The van der Waals surface area contributed by atoms with Crippen LogP contribution < -0.4 is 9.64 Å². The summed E-state index contributed by atoms with van der Waals surface area (Å²) in [5, 5.41) is 0.431. The smallest absolute Gasteiger partial charge is 0.319 e. The molecule has 0 saturated carbocycles. The zero-order chi connectivity index (χ0) is 37.0. The highest BCUT2D eigenvalue weighted by atomic mass is 19.1. The molecule has 2 atom stereocenters. The number of fused-ring (bicyclic) bond motifs is 2. The van der Waals surface area contributed by atoms with Gasteiger partial charge >= 0.3 is 6.01 Å². The molecule has 0 spiro atoms. The molecule has 1 aromatic carbocycles. The summed E-state index contributed by atoms with van der Waals surface area (Å²) in [4.78, 5) is 18.2. The number of anilines is 1. The van der Waals surface area contributed by atoms with Gasteiger partial charge in [-0.1, -0.05) is 72.6 Å². The van der Waals surface area contributed by atoms with Gasteiger partial charge in [-0.2, -0.15) is 9.97 Å². The quantitative estimate of drug-likeness (QED) is 0.238. The van der Waals surface area contributed by atoms with Gasteiger partial charge in [0.05, 0.1) is 36.0 Å². The highest BCUT2D eigenvalue weighted by Gasteiger charge is 2.47. The van der Waals surface area contributed by atoms with E-state index in [0.717, 1.165) is 25.0 Å². The van der Waals surface area contributed by atoms with Crippen LogP contribution in [0.3, 0.4) is 0 Å². The van der Waals surface area contributed by atoms with Crippen molar-refractivity contribution in [2.45, 2.75) is 87.1 Å². The van der Waals surface area contributed by atoms with Gasteiger partial charge in [-0.25, -0.2) is 13.2 Å². The van der Waals surface area contributed by atoms with Gasteiger partial charge < -0.3 is 14.4 Å². The lowest BCUT2D eigenvalue weighted by Crippen LogP contribution is -2.43.